The SMILES string of the molecule is Cc1cc(C(=O)NO)c(C)n1C. The van der Waals surface area contributed by atoms with Gasteiger partial charge in [0.05, 0.1) is 5.56 Å². The van der Waals surface area contributed by atoms with Crippen LogP contribution in [0.2, 0.25) is 0 Å². The van der Waals surface area contributed by atoms with Crippen molar-refractivity contribution >= 4 is 5.91 Å². The predicted molar refractivity (Wildman–Crippen MR) is 44.1 cm³/mol. The molecule has 0 spiro atoms. The summed E-state index contributed by atoms with van der Waals surface area (Å²) < 4.78 is 1.89. The molecule has 0 fully saturated rings. The van der Waals surface area contributed by atoms with Crippen LogP contribution < -0.4 is 5.48 Å². The summed E-state index contributed by atoms with van der Waals surface area (Å²) in [6.45, 7) is 3.73. The summed E-state index contributed by atoms with van der Waals surface area (Å²) in [6, 6.07) is 1.74. The molecular formula is C8H12N2O2. The minimum Gasteiger partial charge on any atom is -0.351 e. The fourth-order valence-corrected chi connectivity index (χ4v) is 1.15. The van der Waals surface area contributed by atoms with Gasteiger partial charge >= 0.3 is 0 Å². The van der Waals surface area contributed by atoms with Gasteiger partial charge in [-0.05, 0) is 19.9 Å². The van der Waals surface area contributed by atoms with E-state index in [1.807, 2.05) is 25.5 Å². The number of carbonyl (C=O) groups is 1. The molecule has 1 heterocycles. The van der Waals surface area contributed by atoms with Crippen LogP contribution in [0.4, 0.5) is 0 Å². The molecule has 0 unspecified atom stereocenters. The molecule has 0 aliphatic carbocycles. The summed E-state index contributed by atoms with van der Waals surface area (Å²) in [6.07, 6.45) is 0. The van der Waals surface area contributed by atoms with Crippen molar-refractivity contribution in [1.82, 2.24) is 10.0 Å². The van der Waals surface area contributed by atoms with Gasteiger partial charge in [0.25, 0.3) is 5.91 Å². The van der Waals surface area contributed by atoms with E-state index in [2.05, 4.69) is 0 Å². The molecule has 0 atom stereocenters. The van der Waals surface area contributed by atoms with E-state index in [1.54, 1.807) is 11.5 Å². The standard InChI is InChI=1S/C8H12N2O2/c1-5-4-7(8(11)9-12)6(2)10(5)3/h4,12H,1-3H3,(H,9,11). The highest BCUT2D eigenvalue weighted by Crippen LogP contribution is 2.12. The average Bonchev–Trinajstić information content (AvgIpc) is 2.32. The third-order valence-electron chi connectivity index (χ3n) is 2.12. The molecule has 0 bridgehead atoms. The van der Waals surface area contributed by atoms with E-state index in [1.165, 1.54) is 0 Å². The van der Waals surface area contributed by atoms with Crippen LogP contribution in [0.5, 0.6) is 0 Å². The van der Waals surface area contributed by atoms with Crippen molar-refractivity contribution in [3.8, 4) is 0 Å². The van der Waals surface area contributed by atoms with Crippen LogP contribution in [-0.2, 0) is 7.05 Å². The molecule has 0 aromatic carbocycles. The summed E-state index contributed by atoms with van der Waals surface area (Å²) in [7, 11) is 1.87. The van der Waals surface area contributed by atoms with E-state index < -0.39 is 5.91 Å². The number of nitrogens with zero attached hydrogens (tertiary/aromatic N) is 1. The molecule has 1 aromatic heterocycles. The van der Waals surface area contributed by atoms with Gasteiger partial charge in [0.15, 0.2) is 0 Å². The maximum absolute atomic E-state index is 11.0. The van der Waals surface area contributed by atoms with Crippen molar-refractivity contribution in [1.29, 1.82) is 0 Å². The molecule has 0 aliphatic rings. The largest absolute Gasteiger partial charge is 0.351 e. The summed E-state index contributed by atoms with van der Waals surface area (Å²) in [5, 5.41) is 8.40. The first-order chi connectivity index (χ1) is 5.57. The lowest BCUT2D eigenvalue weighted by atomic mass is 10.2. The molecule has 12 heavy (non-hydrogen) atoms. The van der Waals surface area contributed by atoms with Crippen LogP contribution in [0.15, 0.2) is 6.07 Å². The lowest BCUT2D eigenvalue weighted by Crippen LogP contribution is -2.19. The van der Waals surface area contributed by atoms with Crippen molar-refractivity contribution in [2.75, 3.05) is 0 Å². The Morgan fingerprint density at radius 2 is 2.17 bits per heavy atom. The van der Waals surface area contributed by atoms with E-state index in [0.717, 1.165) is 11.4 Å². The summed E-state index contributed by atoms with van der Waals surface area (Å²) in [5.41, 5.74) is 3.96. The van der Waals surface area contributed by atoms with Gasteiger partial charge in [-0.25, -0.2) is 5.48 Å². The Hall–Kier alpha value is -1.29. The molecule has 1 amide bonds. The normalized spacial score (nSPS) is 10.0. The van der Waals surface area contributed by atoms with E-state index in [4.69, 9.17) is 5.21 Å². The molecule has 2 N–H and O–H groups in total. The molecule has 4 heteroatoms. The van der Waals surface area contributed by atoms with Crippen LogP contribution in [0.25, 0.3) is 0 Å². The summed E-state index contributed by atoms with van der Waals surface area (Å²) >= 11 is 0. The van der Waals surface area contributed by atoms with Gasteiger partial charge in [0, 0.05) is 18.4 Å². The van der Waals surface area contributed by atoms with E-state index in [9.17, 15) is 4.79 Å². The number of carbonyl (C=O) groups excluding carboxylic acids is 1. The van der Waals surface area contributed by atoms with Crippen molar-refractivity contribution in [3.05, 3.63) is 23.0 Å². The van der Waals surface area contributed by atoms with E-state index in [0.29, 0.717) is 5.56 Å². The molecule has 1 rings (SSSR count). The van der Waals surface area contributed by atoms with Crippen LogP contribution in [0, 0.1) is 13.8 Å². The van der Waals surface area contributed by atoms with Gasteiger partial charge in [-0.15, -0.1) is 0 Å². The minimum absolute atomic E-state index is 0.462. The van der Waals surface area contributed by atoms with Gasteiger partial charge in [-0.3, -0.25) is 10.0 Å². The van der Waals surface area contributed by atoms with Crippen LogP contribution in [0.3, 0.4) is 0 Å². The van der Waals surface area contributed by atoms with Crippen molar-refractivity contribution < 1.29 is 10.0 Å². The Kier molecular flexibility index (Phi) is 2.19. The first-order valence-corrected chi connectivity index (χ1v) is 3.65. The first-order valence-electron chi connectivity index (χ1n) is 3.65. The predicted octanol–water partition coefficient (Wildman–Crippen LogP) is 0.761. The number of amides is 1. The number of nitrogens with one attached hydrogen (secondary N) is 1. The van der Waals surface area contributed by atoms with Gasteiger partial charge in [-0.1, -0.05) is 0 Å². The lowest BCUT2D eigenvalue weighted by molar-refractivity contribution is 0.0705. The van der Waals surface area contributed by atoms with Crippen LogP contribution in [-0.4, -0.2) is 15.7 Å². The Morgan fingerprint density at radius 1 is 1.58 bits per heavy atom. The molecule has 4 nitrogen and oxygen atoms in total. The highest BCUT2D eigenvalue weighted by atomic mass is 16.5. The molecule has 0 saturated heterocycles. The van der Waals surface area contributed by atoms with Crippen molar-refractivity contribution in [3.63, 3.8) is 0 Å². The maximum Gasteiger partial charge on any atom is 0.276 e. The zero-order valence-electron chi connectivity index (χ0n) is 7.38. The van der Waals surface area contributed by atoms with Gasteiger partial charge < -0.3 is 4.57 Å². The highest BCUT2D eigenvalue weighted by molar-refractivity contribution is 5.94. The highest BCUT2D eigenvalue weighted by Gasteiger charge is 2.12. The molecule has 0 saturated carbocycles. The number of hydrogen-bond acceptors (Lipinski definition) is 2. The van der Waals surface area contributed by atoms with Crippen LogP contribution in [0.1, 0.15) is 21.7 Å². The van der Waals surface area contributed by atoms with Gasteiger partial charge in [0.2, 0.25) is 0 Å². The third-order valence-corrected chi connectivity index (χ3v) is 2.12. The van der Waals surface area contributed by atoms with Gasteiger partial charge in [-0.2, -0.15) is 0 Å². The number of hydroxylamine groups is 1. The zero-order valence-corrected chi connectivity index (χ0v) is 7.38. The number of rotatable bonds is 1. The summed E-state index contributed by atoms with van der Waals surface area (Å²) in [4.78, 5) is 11.0. The minimum atomic E-state index is -0.462. The lowest BCUT2D eigenvalue weighted by Gasteiger charge is -2.00. The third kappa shape index (κ3) is 1.21. The molecular weight excluding hydrogens is 156 g/mol. The topological polar surface area (TPSA) is 54.3 Å². The summed E-state index contributed by atoms with van der Waals surface area (Å²) in [5.74, 6) is -0.462. The number of aromatic nitrogens is 1. The fourth-order valence-electron chi connectivity index (χ4n) is 1.15. The Bertz CT molecular complexity index is 315. The maximum atomic E-state index is 11.0. The fraction of sp³-hybridized carbons (Fsp3) is 0.375. The van der Waals surface area contributed by atoms with Crippen molar-refractivity contribution in [2.45, 2.75) is 13.8 Å². The Labute approximate surface area is 70.8 Å². The zero-order chi connectivity index (χ0) is 9.30. The second-order valence-electron chi connectivity index (χ2n) is 2.78. The monoisotopic (exact) mass is 168 g/mol. The van der Waals surface area contributed by atoms with Crippen LogP contribution >= 0.6 is 0 Å². The van der Waals surface area contributed by atoms with Gasteiger partial charge in [0.1, 0.15) is 0 Å². The molecule has 0 radical (unpaired) electrons. The molecule has 1 aromatic rings. The Balaban J connectivity index is 3.17. The Morgan fingerprint density at radius 3 is 2.50 bits per heavy atom. The second-order valence-corrected chi connectivity index (χ2v) is 2.78. The number of aryl methyl sites for hydroxylation is 1. The molecule has 0 aliphatic heterocycles. The second kappa shape index (κ2) is 2.98. The number of hydrogen-bond donors (Lipinski definition) is 2. The quantitative estimate of drug-likeness (QED) is 0.480. The smallest absolute Gasteiger partial charge is 0.276 e. The first kappa shape index (κ1) is 8.80. The molecule has 66 valence electrons. The van der Waals surface area contributed by atoms with E-state index in [-0.39, 0.29) is 0 Å². The average molecular weight is 168 g/mol. The van der Waals surface area contributed by atoms with Crippen molar-refractivity contribution in [2.24, 2.45) is 7.05 Å². The van der Waals surface area contributed by atoms with E-state index >= 15 is 0 Å².